The van der Waals surface area contributed by atoms with Crippen molar-refractivity contribution < 1.29 is 42.0 Å². The molecule has 0 unspecified atom stereocenters. The molecule has 0 saturated heterocycles. The molecule has 6 nitrogen and oxygen atoms in total. The van der Waals surface area contributed by atoms with Gasteiger partial charge in [0.15, 0.2) is 11.2 Å². The number of aromatic nitrogens is 4. The summed E-state index contributed by atoms with van der Waals surface area (Å²) in [4.78, 5) is 27.2. The van der Waals surface area contributed by atoms with Crippen LogP contribution >= 0.6 is 0 Å². The summed E-state index contributed by atoms with van der Waals surface area (Å²) in [6.45, 7) is 0. The maximum Gasteiger partial charge on any atom is 1.00 e. The van der Waals surface area contributed by atoms with Crippen molar-refractivity contribution >= 4 is 11.2 Å². The largest absolute Gasteiger partial charge is 1.00 e. The van der Waals surface area contributed by atoms with E-state index < -0.39 is 0 Å². The van der Waals surface area contributed by atoms with E-state index in [4.69, 9.17) is 0 Å². The summed E-state index contributed by atoms with van der Waals surface area (Å²) in [6.07, 6.45) is 1.52. The van der Waals surface area contributed by atoms with Gasteiger partial charge >= 0.3 is 35.2 Å². The third-order valence-electron chi connectivity index (χ3n) is 2.32. The molecule has 82 valence electrons. The van der Waals surface area contributed by atoms with Gasteiger partial charge in [0.25, 0.3) is 5.56 Å². The molecule has 0 fully saturated rings. The van der Waals surface area contributed by atoms with Gasteiger partial charge in [0, 0.05) is 21.1 Å². The van der Waals surface area contributed by atoms with Crippen LogP contribution in [0.3, 0.4) is 0 Å². The summed E-state index contributed by atoms with van der Waals surface area (Å²) in [6, 6.07) is 0. The first-order valence-electron chi connectivity index (χ1n) is 4.11. The Labute approximate surface area is 120 Å². The summed E-state index contributed by atoms with van der Waals surface area (Å²) in [5.74, 6) is 0. The molecule has 0 bridgehead atoms. The summed E-state index contributed by atoms with van der Waals surface area (Å²) in [5.41, 5.74) is 0.180. The molecule has 8 heteroatoms. The Kier molecular flexibility index (Phi) is 5.00. The Morgan fingerprint density at radius 2 is 1.69 bits per heavy atom. The van der Waals surface area contributed by atoms with Gasteiger partial charge in [-0.05, 0) is 0 Å². The Bertz CT molecular complexity index is 627. The molecule has 0 saturated carbocycles. The molecule has 0 radical (unpaired) electrons. The molecule has 2 aromatic rings. The Hall–Kier alpha value is -0.560. The first-order chi connectivity index (χ1) is 6.54. The van der Waals surface area contributed by atoms with Crippen LogP contribution in [0.1, 0.15) is 0 Å². The van der Waals surface area contributed by atoms with Crippen molar-refractivity contribution in [3.63, 3.8) is 0 Å². The number of halogens is 1. The van der Waals surface area contributed by atoms with Crippen LogP contribution in [0.5, 0.6) is 0 Å². The molecule has 0 aromatic carbocycles. The molecular formula is C8H10ClN4NaO2. The second-order valence-electron chi connectivity index (χ2n) is 3.23. The standard InChI is InChI=1S/C8H10N4O2.ClH.Na/c1-10-4-9-6-5(10)7(13)12(3)8(14)11(6)2;;/h4H,1-3H3;1H;/q;;+1/p-1. The number of nitrogens with zero attached hydrogens (tertiary/aromatic N) is 4. The van der Waals surface area contributed by atoms with E-state index in [2.05, 4.69) is 4.98 Å². The van der Waals surface area contributed by atoms with Crippen LogP contribution in [0.2, 0.25) is 0 Å². The monoisotopic (exact) mass is 252 g/mol. The van der Waals surface area contributed by atoms with E-state index >= 15 is 0 Å². The molecule has 0 amide bonds. The zero-order chi connectivity index (χ0) is 10.5. The van der Waals surface area contributed by atoms with Crippen molar-refractivity contribution in [2.45, 2.75) is 0 Å². The maximum atomic E-state index is 11.7. The van der Waals surface area contributed by atoms with E-state index in [0.29, 0.717) is 11.2 Å². The fraction of sp³-hybridized carbons (Fsp3) is 0.375. The fourth-order valence-corrected chi connectivity index (χ4v) is 1.47. The predicted octanol–water partition coefficient (Wildman–Crippen LogP) is -7.02. The van der Waals surface area contributed by atoms with Crippen molar-refractivity contribution in [2.24, 2.45) is 21.1 Å². The Balaban J connectivity index is 0.00000112. The van der Waals surface area contributed by atoms with Gasteiger partial charge in [-0.1, -0.05) is 0 Å². The van der Waals surface area contributed by atoms with Crippen molar-refractivity contribution in [3.05, 3.63) is 27.2 Å². The van der Waals surface area contributed by atoms with Crippen LogP contribution in [0, 0.1) is 0 Å². The minimum absolute atomic E-state index is 0. The molecule has 16 heavy (non-hydrogen) atoms. The van der Waals surface area contributed by atoms with Gasteiger partial charge in [0.1, 0.15) is 0 Å². The van der Waals surface area contributed by atoms with Crippen LogP contribution in [0.15, 0.2) is 15.9 Å². The molecule has 2 aromatic heterocycles. The zero-order valence-electron chi connectivity index (χ0n) is 9.56. The molecule has 0 aliphatic carbocycles. The number of hydrogen-bond donors (Lipinski definition) is 0. The molecule has 2 heterocycles. The van der Waals surface area contributed by atoms with Gasteiger partial charge in [-0.3, -0.25) is 13.9 Å². The molecule has 2 rings (SSSR count). The van der Waals surface area contributed by atoms with E-state index in [-0.39, 0.29) is 53.2 Å². The van der Waals surface area contributed by atoms with E-state index in [0.717, 1.165) is 4.57 Å². The van der Waals surface area contributed by atoms with Gasteiger partial charge in [0.2, 0.25) is 0 Å². The number of fused-ring (bicyclic) bond motifs is 1. The first kappa shape index (κ1) is 15.4. The molecule has 0 atom stereocenters. The van der Waals surface area contributed by atoms with Crippen LogP contribution in [-0.2, 0) is 21.1 Å². The first-order valence-corrected chi connectivity index (χ1v) is 4.11. The average Bonchev–Trinajstić information content (AvgIpc) is 2.54. The van der Waals surface area contributed by atoms with Crippen LogP contribution < -0.4 is 53.2 Å². The molecule has 0 aliphatic rings. The summed E-state index contributed by atoms with van der Waals surface area (Å²) >= 11 is 0. The smallest absolute Gasteiger partial charge is 1.00 e. The van der Waals surface area contributed by atoms with Crippen molar-refractivity contribution in [2.75, 3.05) is 0 Å². The van der Waals surface area contributed by atoms with E-state index in [1.807, 2.05) is 0 Å². The van der Waals surface area contributed by atoms with Crippen LogP contribution in [-0.4, -0.2) is 18.7 Å². The summed E-state index contributed by atoms with van der Waals surface area (Å²) in [7, 11) is 4.77. The third kappa shape index (κ3) is 1.98. The third-order valence-corrected chi connectivity index (χ3v) is 2.32. The van der Waals surface area contributed by atoms with Gasteiger partial charge in [-0.2, -0.15) is 0 Å². The minimum atomic E-state index is -0.360. The maximum absolute atomic E-state index is 11.7. The summed E-state index contributed by atoms with van der Waals surface area (Å²) < 4.78 is 4.04. The van der Waals surface area contributed by atoms with Crippen LogP contribution in [0.4, 0.5) is 0 Å². The van der Waals surface area contributed by atoms with Crippen molar-refractivity contribution in [3.8, 4) is 0 Å². The predicted molar refractivity (Wildman–Crippen MR) is 51.2 cm³/mol. The van der Waals surface area contributed by atoms with Gasteiger partial charge in [-0.25, -0.2) is 9.78 Å². The van der Waals surface area contributed by atoms with E-state index in [9.17, 15) is 9.59 Å². The van der Waals surface area contributed by atoms with Gasteiger partial charge < -0.3 is 17.0 Å². The van der Waals surface area contributed by atoms with E-state index in [1.54, 1.807) is 18.7 Å². The quantitative estimate of drug-likeness (QED) is 0.438. The van der Waals surface area contributed by atoms with Crippen molar-refractivity contribution in [1.82, 2.24) is 18.7 Å². The van der Waals surface area contributed by atoms with Gasteiger partial charge in [0.05, 0.1) is 6.33 Å². The second-order valence-corrected chi connectivity index (χ2v) is 3.23. The van der Waals surface area contributed by atoms with Crippen LogP contribution in [0.25, 0.3) is 11.2 Å². The second kappa shape index (κ2) is 5.18. The topological polar surface area (TPSA) is 61.8 Å². The van der Waals surface area contributed by atoms with Gasteiger partial charge in [-0.15, -0.1) is 0 Å². The zero-order valence-corrected chi connectivity index (χ0v) is 12.3. The molecular weight excluding hydrogens is 243 g/mol. The molecule has 0 N–H and O–H groups in total. The number of hydrogen-bond acceptors (Lipinski definition) is 3. The molecule has 0 spiro atoms. The summed E-state index contributed by atoms with van der Waals surface area (Å²) in [5, 5.41) is 0. The molecule has 0 aliphatic heterocycles. The number of imidazole rings is 1. The fourth-order valence-electron chi connectivity index (χ4n) is 1.47. The average molecular weight is 253 g/mol. The minimum Gasteiger partial charge on any atom is -1.00 e. The normalized spacial score (nSPS) is 9.69. The Morgan fingerprint density at radius 1 is 1.12 bits per heavy atom. The SMILES string of the molecule is Cn1c(=O)c2c(ncn2C)n(C)c1=O.[Cl-].[Na+]. The van der Waals surface area contributed by atoms with E-state index in [1.165, 1.54) is 17.9 Å². The number of rotatable bonds is 0. The number of aryl methyl sites for hydroxylation is 2. The Morgan fingerprint density at radius 3 is 2.25 bits per heavy atom. The van der Waals surface area contributed by atoms with Crippen molar-refractivity contribution in [1.29, 1.82) is 0 Å².